The quantitative estimate of drug-likeness (QED) is 0.623. The highest BCUT2D eigenvalue weighted by Crippen LogP contribution is 2.44. The molecule has 0 saturated heterocycles. The molecule has 0 radical (unpaired) electrons. The highest BCUT2D eigenvalue weighted by molar-refractivity contribution is 9.10. The first-order valence-corrected chi connectivity index (χ1v) is 7.67. The van der Waals surface area contributed by atoms with Gasteiger partial charge >= 0.3 is 0 Å². The summed E-state index contributed by atoms with van der Waals surface area (Å²) in [5.41, 5.74) is 1.78. The van der Waals surface area contributed by atoms with Crippen molar-refractivity contribution in [2.45, 2.75) is 18.8 Å². The monoisotopic (exact) mass is 376 g/mol. The van der Waals surface area contributed by atoms with Crippen LogP contribution in [0.15, 0.2) is 22.7 Å². The number of benzene rings is 1. The van der Waals surface area contributed by atoms with Crippen LogP contribution >= 0.6 is 50.7 Å². The summed E-state index contributed by atoms with van der Waals surface area (Å²) in [4.78, 5) is 8.88. The molecule has 0 N–H and O–H groups in total. The van der Waals surface area contributed by atoms with E-state index in [1.54, 1.807) is 12.1 Å². The minimum Gasteiger partial charge on any atom is -0.231 e. The lowest BCUT2D eigenvalue weighted by molar-refractivity contribution is 0.979. The molecule has 98 valence electrons. The van der Waals surface area contributed by atoms with E-state index >= 15 is 0 Å². The van der Waals surface area contributed by atoms with E-state index in [0.29, 0.717) is 26.9 Å². The van der Waals surface area contributed by atoms with Crippen molar-refractivity contribution in [3.8, 4) is 11.4 Å². The summed E-state index contributed by atoms with van der Waals surface area (Å²) in [5.74, 6) is 1.06. The molecule has 1 aromatic heterocycles. The fourth-order valence-electron chi connectivity index (χ4n) is 1.83. The summed E-state index contributed by atoms with van der Waals surface area (Å²) in [6.07, 6.45) is 2.29. The first-order chi connectivity index (χ1) is 9.06. The average molecular weight is 378 g/mol. The minimum absolute atomic E-state index is 0.429. The first-order valence-electron chi connectivity index (χ1n) is 5.74. The van der Waals surface area contributed by atoms with Crippen molar-refractivity contribution in [2.24, 2.45) is 0 Å². The molecule has 3 rings (SSSR count). The van der Waals surface area contributed by atoms with Gasteiger partial charge in [-0.2, -0.15) is 0 Å². The van der Waals surface area contributed by atoms with E-state index in [0.717, 1.165) is 28.6 Å². The Labute approximate surface area is 134 Å². The molecule has 2 nitrogen and oxygen atoms in total. The first kappa shape index (κ1) is 13.6. The Bertz CT molecular complexity index is 657. The van der Waals surface area contributed by atoms with Gasteiger partial charge in [0.1, 0.15) is 5.15 Å². The van der Waals surface area contributed by atoms with Crippen molar-refractivity contribution in [2.75, 3.05) is 0 Å². The molecule has 2 aromatic rings. The Balaban J connectivity index is 2.11. The topological polar surface area (TPSA) is 25.8 Å². The Hall–Kier alpha value is -0.350. The maximum Gasteiger partial charge on any atom is 0.161 e. The molecule has 6 heteroatoms. The molecule has 0 spiro atoms. The van der Waals surface area contributed by atoms with E-state index in [1.165, 1.54) is 0 Å². The summed E-state index contributed by atoms with van der Waals surface area (Å²) in [6, 6.07) is 5.32. The van der Waals surface area contributed by atoms with Gasteiger partial charge in [-0.25, -0.2) is 9.97 Å². The summed E-state index contributed by atoms with van der Waals surface area (Å²) in [6.45, 7) is 0. The van der Waals surface area contributed by atoms with Crippen LogP contribution in [-0.2, 0) is 0 Å². The van der Waals surface area contributed by atoms with Crippen molar-refractivity contribution >= 4 is 50.7 Å². The van der Waals surface area contributed by atoms with E-state index in [-0.39, 0.29) is 0 Å². The number of rotatable bonds is 2. The molecule has 0 aliphatic heterocycles. The van der Waals surface area contributed by atoms with E-state index in [9.17, 15) is 0 Å². The van der Waals surface area contributed by atoms with Gasteiger partial charge in [0.25, 0.3) is 0 Å². The van der Waals surface area contributed by atoms with Crippen LogP contribution in [0.4, 0.5) is 0 Å². The summed E-state index contributed by atoms with van der Waals surface area (Å²) >= 11 is 21.5. The second-order valence-corrected chi connectivity index (χ2v) is 6.41. The predicted octanol–water partition coefficient (Wildman–Crippen LogP) is 5.74. The van der Waals surface area contributed by atoms with Gasteiger partial charge in [0.2, 0.25) is 0 Å². The molecule has 0 unspecified atom stereocenters. The van der Waals surface area contributed by atoms with Gasteiger partial charge in [-0.15, -0.1) is 0 Å². The molecule has 1 aromatic carbocycles. The van der Waals surface area contributed by atoms with Crippen LogP contribution in [0.1, 0.15) is 24.5 Å². The van der Waals surface area contributed by atoms with Crippen LogP contribution in [0.3, 0.4) is 0 Å². The average Bonchev–Trinajstić information content (AvgIpc) is 3.20. The molecule has 1 heterocycles. The van der Waals surface area contributed by atoms with Crippen molar-refractivity contribution in [1.29, 1.82) is 0 Å². The molecular formula is C13H8BrCl3N2. The second-order valence-electron chi connectivity index (χ2n) is 4.44. The van der Waals surface area contributed by atoms with Crippen molar-refractivity contribution in [1.82, 2.24) is 9.97 Å². The molecule has 1 aliphatic rings. The largest absolute Gasteiger partial charge is 0.231 e. The summed E-state index contributed by atoms with van der Waals surface area (Å²) in [5, 5.41) is 1.42. The van der Waals surface area contributed by atoms with Crippen LogP contribution in [0.2, 0.25) is 15.2 Å². The van der Waals surface area contributed by atoms with Crippen molar-refractivity contribution in [3.05, 3.63) is 43.6 Å². The molecule has 19 heavy (non-hydrogen) atoms. The second kappa shape index (κ2) is 5.21. The Kier molecular flexibility index (Phi) is 3.73. The molecule has 0 atom stereocenters. The van der Waals surface area contributed by atoms with Crippen molar-refractivity contribution < 1.29 is 0 Å². The van der Waals surface area contributed by atoms with E-state index in [1.807, 2.05) is 6.07 Å². The Morgan fingerprint density at radius 2 is 1.79 bits per heavy atom. The highest BCUT2D eigenvalue weighted by Gasteiger charge is 2.29. The fraction of sp³-hybridized carbons (Fsp3) is 0.231. The van der Waals surface area contributed by atoms with Gasteiger partial charge in [-0.3, -0.25) is 0 Å². The van der Waals surface area contributed by atoms with Gasteiger partial charge in [-0.05, 0) is 47.0 Å². The third-order valence-electron chi connectivity index (χ3n) is 2.98. The molecule has 1 fully saturated rings. The highest BCUT2D eigenvalue weighted by atomic mass is 79.9. The standard InChI is InChI=1S/C13H8BrCl3N2/c14-10-11(6-1-2-6)18-13(19-12(10)17)7-3-4-8(15)9(16)5-7/h3-6H,1-2H2. The smallest absolute Gasteiger partial charge is 0.161 e. The third-order valence-corrected chi connectivity index (χ3v) is 5.00. The molecule has 1 saturated carbocycles. The molecule has 0 bridgehead atoms. The van der Waals surface area contributed by atoms with Gasteiger partial charge in [0, 0.05) is 11.5 Å². The summed E-state index contributed by atoms with van der Waals surface area (Å²) < 4.78 is 0.792. The molecule has 1 aliphatic carbocycles. The zero-order chi connectivity index (χ0) is 13.6. The minimum atomic E-state index is 0.429. The lowest BCUT2D eigenvalue weighted by Crippen LogP contribution is -1.97. The van der Waals surface area contributed by atoms with Gasteiger partial charge in [0.05, 0.1) is 20.2 Å². The lowest BCUT2D eigenvalue weighted by atomic mass is 10.2. The van der Waals surface area contributed by atoms with E-state index < -0.39 is 0 Å². The zero-order valence-electron chi connectivity index (χ0n) is 9.63. The number of hydrogen-bond donors (Lipinski definition) is 0. The van der Waals surface area contributed by atoms with Crippen LogP contribution in [0.25, 0.3) is 11.4 Å². The lowest BCUT2D eigenvalue weighted by Gasteiger charge is -2.08. The number of nitrogens with zero attached hydrogens (tertiary/aromatic N) is 2. The van der Waals surface area contributed by atoms with E-state index in [4.69, 9.17) is 34.8 Å². The van der Waals surface area contributed by atoms with Crippen molar-refractivity contribution in [3.63, 3.8) is 0 Å². The van der Waals surface area contributed by atoms with Gasteiger partial charge in [0.15, 0.2) is 5.82 Å². The van der Waals surface area contributed by atoms with Crippen LogP contribution in [0.5, 0.6) is 0 Å². The molecule has 0 amide bonds. The van der Waals surface area contributed by atoms with Crippen LogP contribution in [-0.4, -0.2) is 9.97 Å². The van der Waals surface area contributed by atoms with Crippen LogP contribution < -0.4 is 0 Å². The van der Waals surface area contributed by atoms with E-state index in [2.05, 4.69) is 25.9 Å². The Morgan fingerprint density at radius 3 is 2.42 bits per heavy atom. The Morgan fingerprint density at radius 1 is 1.05 bits per heavy atom. The predicted molar refractivity (Wildman–Crippen MR) is 82.2 cm³/mol. The normalized spacial score (nSPS) is 14.7. The molecular weight excluding hydrogens is 370 g/mol. The van der Waals surface area contributed by atoms with Gasteiger partial charge < -0.3 is 0 Å². The third kappa shape index (κ3) is 2.75. The van der Waals surface area contributed by atoms with Gasteiger partial charge in [-0.1, -0.05) is 34.8 Å². The fourth-order valence-corrected chi connectivity index (χ4v) is 2.80. The zero-order valence-corrected chi connectivity index (χ0v) is 13.5. The van der Waals surface area contributed by atoms with Crippen LogP contribution in [0, 0.1) is 0 Å². The SMILES string of the molecule is Clc1ccc(-c2nc(Cl)c(Br)c(C3CC3)n2)cc1Cl. The maximum absolute atomic E-state index is 6.15. The number of aromatic nitrogens is 2. The maximum atomic E-state index is 6.15. The number of hydrogen-bond acceptors (Lipinski definition) is 2. The summed E-state index contributed by atoms with van der Waals surface area (Å²) in [7, 11) is 0. The number of halogens is 4.